The molecule has 0 heterocycles. The van der Waals surface area contributed by atoms with Crippen molar-refractivity contribution in [2.75, 3.05) is 24.5 Å². The molecule has 1 unspecified atom stereocenters. The number of anilines is 1. The third-order valence-corrected chi connectivity index (χ3v) is 8.76. The maximum absolute atomic E-state index is 14.1. The molecule has 0 bridgehead atoms. The summed E-state index contributed by atoms with van der Waals surface area (Å²) in [7, 11) is -2.51. The molecule has 2 amide bonds. The second kappa shape index (κ2) is 15.2. The second-order valence-corrected chi connectivity index (χ2v) is 11.6. The highest BCUT2D eigenvalue weighted by atomic mass is 32.2. The Morgan fingerprint density at radius 1 is 0.878 bits per heavy atom. The van der Waals surface area contributed by atoms with E-state index in [9.17, 15) is 18.0 Å². The largest absolute Gasteiger partial charge is 0.497 e. The fraction of sp³-hybridized carbons (Fsp3) is 0.375. The van der Waals surface area contributed by atoms with Crippen molar-refractivity contribution in [1.29, 1.82) is 0 Å². The molecule has 0 spiro atoms. The lowest BCUT2D eigenvalue weighted by Crippen LogP contribution is -2.52. The molecule has 41 heavy (non-hydrogen) atoms. The smallest absolute Gasteiger partial charge is 0.264 e. The van der Waals surface area contributed by atoms with Crippen LogP contribution in [0.5, 0.6) is 5.75 Å². The number of aryl methyl sites for hydroxylation is 1. The normalized spacial score (nSPS) is 11.9. The summed E-state index contributed by atoms with van der Waals surface area (Å²) in [5, 5.41) is 2.94. The first-order valence-electron chi connectivity index (χ1n) is 14.1. The fourth-order valence-electron chi connectivity index (χ4n) is 4.50. The Morgan fingerprint density at radius 2 is 1.51 bits per heavy atom. The van der Waals surface area contributed by atoms with Crippen LogP contribution in [-0.2, 0) is 32.6 Å². The van der Waals surface area contributed by atoms with Crippen LogP contribution in [-0.4, -0.2) is 51.4 Å². The molecular weight excluding hydrogens is 538 g/mol. The number of ether oxygens (including phenoxy) is 1. The van der Waals surface area contributed by atoms with Gasteiger partial charge >= 0.3 is 0 Å². The predicted octanol–water partition coefficient (Wildman–Crippen LogP) is 5.18. The molecule has 0 aromatic heterocycles. The van der Waals surface area contributed by atoms with Crippen molar-refractivity contribution in [2.45, 2.75) is 63.9 Å². The van der Waals surface area contributed by atoms with Crippen molar-refractivity contribution in [2.24, 2.45) is 0 Å². The first kappa shape index (κ1) is 31.7. The number of sulfonamides is 1. The van der Waals surface area contributed by atoms with Crippen LogP contribution in [0, 0.1) is 0 Å². The van der Waals surface area contributed by atoms with Gasteiger partial charge in [-0.3, -0.25) is 13.9 Å². The molecule has 0 aliphatic heterocycles. The van der Waals surface area contributed by atoms with Crippen molar-refractivity contribution < 1.29 is 22.7 Å². The van der Waals surface area contributed by atoms with E-state index in [1.165, 1.54) is 17.0 Å². The zero-order valence-corrected chi connectivity index (χ0v) is 25.2. The average Bonchev–Trinajstić information content (AvgIpc) is 3.00. The molecular formula is C32H41N3O5S. The molecule has 0 aliphatic carbocycles. The Morgan fingerprint density at radius 3 is 2.07 bits per heavy atom. The van der Waals surface area contributed by atoms with E-state index in [2.05, 4.69) is 5.32 Å². The van der Waals surface area contributed by atoms with Crippen LogP contribution in [0.2, 0.25) is 0 Å². The zero-order chi connectivity index (χ0) is 29.8. The lowest BCUT2D eigenvalue weighted by atomic mass is 10.1. The van der Waals surface area contributed by atoms with E-state index >= 15 is 0 Å². The first-order valence-corrected chi connectivity index (χ1v) is 15.6. The van der Waals surface area contributed by atoms with Gasteiger partial charge in [0.15, 0.2) is 0 Å². The molecule has 1 atom stereocenters. The number of hydrogen-bond acceptors (Lipinski definition) is 5. The summed E-state index contributed by atoms with van der Waals surface area (Å²) in [4.78, 5) is 28.9. The highest BCUT2D eigenvalue weighted by molar-refractivity contribution is 7.92. The number of unbranched alkanes of at least 4 members (excludes halogenated alkanes) is 1. The standard InChI is InChI=1S/C32H41N3O5S/c1-5-8-22-33-32(37)30(7-3)34(23-26-16-20-28(40-4)21-17-26)31(36)24-35(27-18-14-25(6-2)15-19-27)41(38,39)29-12-10-9-11-13-29/h9-21,30H,5-8,22-24H2,1-4H3,(H,33,37). The number of amides is 2. The van der Waals surface area contributed by atoms with Crippen LogP contribution >= 0.6 is 0 Å². The quantitative estimate of drug-likeness (QED) is 0.251. The summed E-state index contributed by atoms with van der Waals surface area (Å²) in [5.41, 5.74) is 2.22. The van der Waals surface area contributed by atoms with Crippen molar-refractivity contribution in [3.05, 3.63) is 90.0 Å². The van der Waals surface area contributed by atoms with Gasteiger partial charge in [-0.15, -0.1) is 0 Å². The lowest BCUT2D eigenvalue weighted by molar-refractivity contribution is -0.140. The molecule has 1 N–H and O–H groups in total. The van der Waals surface area contributed by atoms with Gasteiger partial charge < -0.3 is 15.0 Å². The Hall–Kier alpha value is -3.85. The van der Waals surface area contributed by atoms with Crippen LogP contribution in [0.3, 0.4) is 0 Å². The lowest BCUT2D eigenvalue weighted by Gasteiger charge is -2.33. The number of hydrogen-bond donors (Lipinski definition) is 1. The summed E-state index contributed by atoms with van der Waals surface area (Å²) in [6, 6.07) is 21.7. The van der Waals surface area contributed by atoms with Crippen LogP contribution in [0.15, 0.2) is 83.8 Å². The Balaban J connectivity index is 2.02. The SMILES string of the molecule is CCCCNC(=O)C(CC)N(Cc1ccc(OC)cc1)C(=O)CN(c1ccc(CC)cc1)S(=O)(=O)c1ccccc1. The van der Waals surface area contributed by atoms with Gasteiger partial charge in [0.1, 0.15) is 18.3 Å². The zero-order valence-electron chi connectivity index (χ0n) is 24.4. The van der Waals surface area contributed by atoms with E-state index < -0.39 is 28.5 Å². The van der Waals surface area contributed by atoms with Gasteiger partial charge in [-0.05, 0) is 66.8 Å². The van der Waals surface area contributed by atoms with Crippen molar-refractivity contribution in [1.82, 2.24) is 10.2 Å². The predicted molar refractivity (Wildman–Crippen MR) is 162 cm³/mol. The van der Waals surface area contributed by atoms with Crippen molar-refractivity contribution >= 4 is 27.5 Å². The van der Waals surface area contributed by atoms with Crippen LogP contribution in [0.25, 0.3) is 0 Å². The van der Waals surface area contributed by atoms with Gasteiger partial charge in [0.05, 0.1) is 17.7 Å². The number of rotatable bonds is 15. The number of methoxy groups -OCH3 is 1. The van der Waals surface area contributed by atoms with Gasteiger partial charge in [0, 0.05) is 13.1 Å². The number of carbonyl (C=O) groups is 2. The van der Waals surface area contributed by atoms with E-state index in [1.807, 2.05) is 45.0 Å². The van der Waals surface area contributed by atoms with Crippen LogP contribution in [0.1, 0.15) is 51.2 Å². The molecule has 3 rings (SSSR count). The van der Waals surface area contributed by atoms with Crippen LogP contribution in [0.4, 0.5) is 5.69 Å². The number of nitrogens with zero attached hydrogens (tertiary/aromatic N) is 2. The van der Waals surface area contributed by atoms with Crippen LogP contribution < -0.4 is 14.4 Å². The van der Waals surface area contributed by atoms with Gasteiger partial charge in [-0.2, -0.15) is 0 Å². The summed E-state index contributed by atoms with van der Waals surface area (Å²) >= 11 is 0. The van der Waals surface area contributed by atoms with E-state index in [0.717, 1.165) is 34.7 Å². The highest BCUT2D eigenvalue weighted by Gasteiger charge is 2.33. The van der Waals surface area contributed by atoms with Crippen molar-refractivity contribution in [3.63, 3.8) is 0 Å². The number of carbonyl (C=O) groups excluding carboxylic acids is 2. The maximum Gasteiger partial charge on any atom is 0.264 e. The highest BCUT2D eigenvalue weighted by Crippen LogP contribution is 2.25. The fourth-order valence-corrected chi connectivity index (χ4v) is 5.93. The molecule has 9 heteroatoms. The molecule has 0 saturated heterocycles. The summed E-state index contributed by atoms with van der Waals surface area (Å²) in [5.74, 6) is -0.0587. The Labute approximate surface area is 244 Å². The third kappa shape index (κ3) is 8.33. The average molecular weight is 580 g/mol. The van der Waals surface area contributed by atoms with Crippen molar-refractivity contribution in [3.8, 4) is 5.75 Å². The topological polar surface area (TPSA) is 96.0 Å². The molecule has 3 aromatic carbocycles. The van der Waals surface area contributed by atoms with E-state index in [0.29, 0.717) is 24.4 Å². The van der Waals surface area contributed by atoms with E-state index in [1.54, 1.807) is 49.6 Å². The summed E-state index contributed by atoms with van der Waals surface area (Å²) in [6.45, 7) is 6.09. The second-order valence-electron chi connectivity index (χ2n) is 9.78. The van der Waals surface area contributed by atoms with Gasteiger partial charge in [-0.1, -0.05) is 69.7 Å². The third-order valence-electron chi connectivity index (χ3n) is 6.97. The number of nitrogens with one attached hydrogen (secondary N) is 1. The summed E-state index contributed by atoms with van der Waals surface area (Å²) in [6.07, 6.45) is 2.92. The minimum atomic E-state index is -4.09. The molecule has 8 nitrogen and oxygen atoms in total. The van der Waals surface area contributed by atoms with Gasteiger partial charge in [0.25, 0.3) is 10.0 Å². The minimum Gasteiger partial charge on any atom is -0.497 e. The molecule has 0 fully saturated rings. The van der Waals surface area contributed by atoms with Gasteiger partial charge in [-0.25, -0.2) is 8.42 Å². The Bertz CT molecular complexity index is 1360. The van der Waals surface area contributed by atoms with Gasteiger partial charge in [0.2, 0.25) is 11.8 Å². The molecule has 0 radical (unpaired) electrons. The molecule has 220 valence electrons. The molecule has 0 saturated carbocycles. The monoisotopic (exact) mass is 579 g/mol. The molecule has 3 aromatic rings. The summed E-state index contributed by atoms with van der Waals surface area (Å²) < 4.78 is 34.2. The Kier molecular flexibility index (Phi) is 11.8. The molecule has 0 aliphatic rings. The maximum atomic E-state index is 14.1. The minimum absolute atomic E-state index is 0.0819. The van der Waals surface area contributed by atoms with E-state index in [-0.39, 0.29) is 17.3 Å². The van der Waals surface area contributed by atoms with E-state index in [4.69, 9.17) is 4.74 Å². The number of benzene rings is 3. The first-order chi connectivity index (χ1) is 19.7.